The van der Waals surface area contributed by atoms with E-state index in [2.05, 4.69) is 60.3 Å². The van der Waals surface area contributed by atoms with Crippen molar-refractivity contribution in [3.05, 3.63) is 29.8 Å². The number of fused-ring (bicyclic) bond motifs is 2. The molecule has 0 aromatic heterocycles. The second-order valence-corrected chi connectivity index (χ2v) is 6.95. The van der Waals surface area contributed by atoms with Gasteiger partial charge in [0.25, 0.3) is 0 Å². The summed E-state index contributed by atoms with van der Waals surface area (Å²) in [5.74, 6) is 0. The fraction of sp³-hybridized carbons (Fsp3) is 0.667. The van der Waals surface area contributed by atoms with Crippen molar-refractivity contribution in [2.75, 3.05) is 25.0 Å². The van der Waals surface area contributed by atoms with Crippen molar-refractivity contribution in [1.82, 2.24) is 10.2 Å². The number of anilines is 1. The minimum Gasteiger partial charge on any atom is -0.370 e. The van der Waals surface area contributed by atoms with Gasteiger partial charge in [-0.05, 0) is 37.9 Å². The molecule has 0 saturated carbocycles. The Bertz CT molecular complexity index is 471. The molecule has 0 radical (unpaired) electrons. The van der Waals surface area contributed by atoms with E-state index in [-0.39, 0.29) is 0 Å². The molecule has 0 aliphatic carbocycles. The second-order valence-electron chi connectivity index (χ2n) is 6.95. The van der Waals surface area contributed by atoms with E-state index in [1.165, 1.54) is 43.6 Å². The lowest BCUT2D eigenvalue weighted by molar-refractivity contribution is 0.254. The molecule has 3 nitrogen and oxygen atoms in total. The number of likely N-dealkylation sites (N-methyl/N-ethyl adjacent to an activating group) is 1. The molecule has 2 atom stereocenters. The predicted octanol–water partition coefficient (Wildman–Crippen LogP) is 2.86. The summed E-state index contributed by atoms with van der Waals surface area (Å²) < 4.78 is 0. The quantitative estimate of drug-likeness (QED) is 0.918. The summed E-state index contributed by atoms with van der Waals surface area (Å²) in [6, 6.07) is 11.0. The van der Waals surface area contributed by atoms with Crippen LogP contribution in [-0.4, -0.2) is 43.2 Å². The van der Waals surface area contributed by atoms with Gasteiger partial charge < -0.3 is 10.2 Å². The molecule has 0 spiro atoms. The molecule has 2 fully saturated rings. The van der Waals surface area contributed by atoms with Gasteiger partial charge in [0, 0.05) is 43.4 Å². The normalized spacial score (nSPS) is 26.4. The van der Waals surface area contributed by atoms with Gasteiger partial charge in [0.05, 0.1) is 0 Å². The summed E-state index contributed by atoms with van der Waals surface area (Å²) >= 11 is 0. The van der Waals surface area contributed by atoms with Crippen molar-refractivity contribution in [1.29, 1.82) is 0 Å². The highest BCUT2D eigenvalue weighted by Gasteiger charge is 2.34. The van der Waals surface area contributed by atoms with Crippen LogP contribution in [0.4, 0.5) is 5.69 Å². The lowest BCUT2D eigenvalue weighted by atomic mass is 10.1. The van der Waals surface area contributed by atoms with Crippen molar-refractivity contribution in [3.63, 3.8) is 0 Å². The Hall–Kier alpha value is -1.06. The fourth-order valence-electron chi connectivity index (χ4n) is 3.81. The molecule has 1 aromatic rings. The molecule has 3 heteroatoms. The molecule has 2 bridgehead atoms. The molecule has 0 amide bonds. The van der Waals surface area contributed by atoms with Crippen molar-refractivity contribution in [2.45, 2.75) is 57.8 Å². The van der Waals surface area contributed by atoms with Gasteiger partial charge in [-0.3, -0.25) is 4.90 Å². The number of hydrogen-bond donors (Lipinski definition) is 1. The van der Waals surface area contributed by atoms with Crippen LogP contribution in [0.25, 0.3) is 0 Å². The van der Waals surface area contributed by atoms with Crippen LogP contribution in [0.5, 0.6) is 0 Å². The van der Waals surface area contributed by atoms with E-state index in [0.717, 1.165) is 18.6 Å². The van der Waals surface area contributed by atoms with E-state index in [9.17, 15) is 0 Å². The summed E-state index contributed by atoms with van der Waals surface area (Å²) in [6.45, 7) is 7.77. The number of para-hydroxylation sites is 1. The Morgan fingerprint density at radius 3 is 2.71 bits per heavy atom. The molecule has 116 valence electrons. The third kappa shape index (κ3) is 3.24. The highest BCUT2D eigenvalue weighted by Crippen LogP contribution is 2.31. The van der Waals surface area contributed by atoms with Gasteiger partial charge >= 0.3 is 0 Å². The number of nitrogens with one attached hydrogen (secondary N) is 1. The summed E-state index contributed by atoms with van der Waals surface area (Å²) in [5, 5.41) is 3.56. The first-order chi connectivity index (χ1) is 10.1. The zero-order valence-corrected chi connectivity index (χ0v) is 13.7. The molecule has 2 aliphatic rings. The molecule has 2 unspecified atom stereocenters. The number of rotatable bonds is 4. The second kappa shape index (κ2) is 6.37. The van der Waals surface area contributed by atoms with Gasteiger partial charge in [0.2, 0.25) is 0 Å². The van der Waals surface area contributed by atoms with Gasteiger partial charge in [-0.1, -0.05) is 32.0 Å². The summed E-state index contributed by atoms with van der Waals surface area (Å²) in [4.78, 5) is 5.24. The Morgan fingerprint density at radius 2 is 1.90 bits per heavy atom. The average Bonchev–Trinajstić information content (AvgIpc) is 2.70. The maximum absolute atomic E-state index is 3.56. The maximum Gasteiger partial charge on any atom is 0.0412 e. The van der Waals surface area contributed by atoms with Crippen LogP contribution in [0.2, 0.25) is 0 Å². The first-order valence-electron chi connectivity index (χ1n) is 8.43. The number of hydrogen-bond acceptors (Lipinski definition) is 3. The van der Waals surface area contributed by atoms with E-state index in [4.69, 9.17) is 0 Å². The van der Waals surface area contributed by atoms with E-state index >= 15 is 0 Å². The monoisotopic (exact) mass is 287 g/mol. The molecule has 3 rings (SSSR count). The molecule has 1 N–H and O–H groups in total. The zero-order valence-electron chi connectivity index (χ0n) is 13.7. The lowest BCUT2D eigenvalue weighted by Crippen LogP contribution is -2.37. The number of benzene rings is 1. The molecular formula is C18H29N3. The van der Waals surface area contributed by atoms with E-state index in [0.29, 0.717) is 6.04 Å². The summed E-state index contributed by atoms with van der Waals surface area (Å²) in [5.41, 5.74) is 2.87. The van der Waals surface area contributed by atoms with Crippen LogP contribution in [0.1, 0.15) is 38.7 Å². The van der Waals surface area contributed by atoms with E-state index in [1.807, 2.05) is 0 Å². The summed E-state index contributed by atoms with van der Waals surface area (Å²) in [7, 11) is 2.32. The van der Waals surface area contributed by atoms with Gasteiger partial charge in [-0.2, -0.15) is 0 Å². The smallest absolute Gasteiger partial charge is 0.0412 e. The standard InChI is InChI=1S/C18H29N3/c1-14(2)19-12-15-6-4-5-7-18(15)21-11-10-16-8-9-17(13-21)20(16)3/h4-7,14,16-17,19H,8-13H2,1-3H3. The fourth-order valence-corrected chi connectivity index (χ4v) is 3.81. The van der Waals surface area contributed by atoms with Crippen molar-refractivity contribution < 1.29 is 0 Å². The third-order valence-corrected chi connectivity index (χ3v) is 5.18. The topological polar surface area (TPSA) is 18.5 Å². The zero-order chi connectivity index (χ0) is 14.8. The number of nitrogens with zero attached hydrogens (tertiary/aromatic N) is 2. The molecule has 1 aromatic carbocycles. The van der Waals surface area contributed by atoms with Gasteiger partial charge in [0.1, 0.15) is 0 Å². The van der Waals surface area contributed by atoms with Crippen molar-refractivity contribution >= 4 is 5.69 Å². The van der Waals surface area contributed by atoms with Gasteiger partial charge in [0.15, 0.2) is 0 Å². The highest BCUT2D eigenvalue weighted by molar-refractivity contribution is 5.54. The Kier molecular flexibility index (Phi) is 4.51. The van der Waals surface area contributed by atoms with Crippen LogP contribution < -0.4 is 10.2 Å². The Balaban J connectivity index is 1.77. The lowest BCUT2D eigenvalue weighted by Gasteiger charge is -2.29. The van der Waals surface area contributed by atoms with Crippen LogP contribution in [0.3, 0.4) is 0 Å². The minimum absolute atomic E-state index is 0.532. The van der Waals surface area contributed by atoms with Crippen LogP contribution in [0.15, 0.2) is 24.3 Å². The van der Waals surface area contributed by atoms with Crippen LogP contribution in [-0.2, 0) is 6.54 Å². The van der Waals surface area contributed by atoms with Crippen LogP contribution >= 0.6 is 0 Å². The first kappa shape index (κ1) is 14.9. The predicted molar refractivity (Wildman–Crippen MR) is 89.8 cm³/mol. The molecular weight excluding hydrogens is 258 g/mol. The highest BCUT2D eigenvalue weighted by atomic mass is 15.3. The summed E-state index contributed by atoms with van der Waals surface area (Å²) in [6.07, 6.45) is 4.06. The van der Waals surface area contributed by atoms with Gasteiger partial charge in [-0.25, -0.2) is 0 Å². The molecule has 2 saturated heterocycles. The molecule has 21 heavy (non-hydrogen) atoms. The van der Waals surface area contributed by atoms with E-state index < -0.39 is 0 Å². The van der Waals surface area contributed by atoms with E-state index in [1.54, 1.807) is 0 Å². The Morgan fingerprint density at radius 1 is 1.14 bits per heavy atom. The average molecular weight is 287 g/mol. The largest absolute Gasteiger partial charge is 0.370 e. The Labute approximate surface area is 129 Å². The minimum atomic E-state index is 0.532. The third-order valence-electron chi connectivity index (χ3n) is 5.18. The van der Waals surface area contributed by atoms with Crippen LogP contribution in [0, 0.1) is 0 Å². The van der Waals surface area contributed by atoms with Crippen molar-refractivity contribution in [2.24, 2.45) is 0 Å². The van der Waals surface area contributed by atoms with Gasteiger partial charge in [-0.15, -0.1) is 0 Å². The SMILES string of the molecule is CC(C)NCc1ccccc1N1CCC2CCC(C1)N2C. The van der Waals surface area contributed by atoms with Crippen molar-refractivity contribution in [3.8, 4) is 0 Å². The first-order valence-corrected chi connectivity index (χ1v) is 8.43. The maximum atomic E-state index is 3.56. The molecule has 2 aliphatic heterocycles. The molecule has 2 heterocycles.